The average Bonchev–Trinajstić information content (AvgIpc) is 2.93. The maximum absolute atomic E-state index is 12.2. The Bertz CT molecular complexity index is 609. The molecular weight excluding hydrogens is 282 g/mol. The summed E-state index contributed by atoms with van der Waals surface area (Å²) in [6.45, 7) is -0.286. The first-order valence-electron chi connectivity index (χ1n) is 5.84. The van der Waals surface area contributed by atoms with Crippen LogP contribution in [0, 0.1) is 0 Å². The predicted molar refractivity (Wildman–Crippen MR) is 72.5 cm³/mol. The molecule has 0 atom stereocenters. The lowest BCUT2D eigenvalue weighted by Crippen LogP contribution is -2.35. The summed E-state index contributed by atoms with van der Waals surface area (Å²) in [6.07, 6.45) is 2.64. The van der Waals surface area contributed by atoms with Crippen molar-refractivity contribution in [2.24, 2.45) is 0 Å². The van der Waals surface area contributed by atoms with E-state index in [1.54, 1.807) is 24.3 Å². The van der Waals surface area contributed by atoms with E-state index in [-0.39, 0.29) is 6.54 Å². The largest absolute Gasteiger partial charge is 0.480 e. The molecule has 104 valence electrons. The van der Waals surface area contributed by atoms with Crippen molar-refractivity contribution in [2.75, 3.05) is 6.54 Å². The van der Waals surface area contributed by atoms with Gasteiger partial charge in [-0.15, -0.1) is 0 Å². The van der Waals surface area contributed by atoms with Crippen LogP contribution in [-0.2, 0) is 11.3 Å². The van der Waals surface area contributed by atoms with E-state index in [0.717, 1.165) is 0 Å². The summed E-state index contributed by atoms with van der Waals surface area (Å²) in [4.78, 5) is 24.3. The summed E-state index contributed by atoms with van der Waals surface area (Å²) in [7, 11) is 0. The summed E-state index contributed by atoms with van der Waals surface area (Å²) >= 11 is 6.03. The molecule has 0 fully saturated rings. The Kier molecular flexibility index (Phi) is 4.42. The summed E-state index contributed by atoms with van der Waals surface area (Å²) in [6, 6.07) is 8.48. The summed E-state index contributed by atoms with van der Waals surface area (Å²) in [5.74, 6) is -1.50. The normalized spacial score (nSPS) is 10.2. The Balaban J connectivity index is 2.22. The lowest BCUT2D eigenvalue weighted by molar-refractivity contribution is -0.137. The smallest absolute Gasteiger partial charge is 0.323 e. The number of hydrogen-bond acceptors (Lipinski definition) is 3. The van der Waals surface area contributed by atoms with Crippen LogP contribution in [-0.4, -0.2) is 28.4 Å². The number of nitrogens with zero attached hydrogens (tertiary/aromatic N) is 1. The molecule has 6 heteroatoms. The summed E-state index contributed by atoms with van der Waals surface area (Å²) in [5, 5.41) is 9.42. The highest BCUT2D eigenvalue weighted by Gasteiger charge is 2.20. The van der Waals surface area contributed by atoms with Gasteiger partial charge in [0.05, 0.1) is 11.8 Å². The molecule has 1 amide bonds. The fraction of sp³-hybridized carbons (Fsp3) is 0.143. The summed E-state index contributed by atoms with van der Waals surface area (Å²) in [5.41, 5.74) is 0.991. The molecule has 0 unspecified atom stereocenters. The van der Waals surface area contributed by atoms with E-state index in [2.05, 4.69) is 0 Å². The third-order valence-corrected chi connectivity index (χ3v) is 3.07. The number of hydrogen-bond donors (Lipinski definition) is 1. The molecule has 0 aliphatic heterocycles. The number of aliphatic carboxylic acids is 1. The zero-order valence-corrected chi connectivity index (χ0v) is 11.2. The zero-order valence-electron chi connectivity index (χ0n) is 10.5. The second-order valence-electron chi connectivity index (χ2n) is 4.16. The summed E-state index contributed by atoms with van der Waals surface area (Å²) < 4.78 is 4.84. The quantitative estimate of drug-likeness (QED) is 0.920. The Morgan fingerprint density at radius 1 is 1.25 bits per heavy atom. The first-order chi connectivity index (χ1) is 9.58. The molecular formula is C14H12ClNO4. The molecule has 20 heavy (non-hydrogen) atoms. The van der Waals surface area contributed by atoms with Crippen molar-refractivity contribution in [3.63, 3.8) is 0 Å². The van der Waals surface area contributed by atoms with Gasteiger partial charge in [-0.2, -0.15) is 0 Å². The number of carboxylic acid groups (broad SMARTS) is 1. The van der Waals surface area contributed by atoms with Crippen molar-refractivity contribution in [3.8, 4) is 0 Å². The molecule has 0 radical (unpaired) electrons. The Morgan fingerprint density at radius 2 is 2.00 bits per heavy atom. The highest BCUT2D eigenvalue weighted by atomic mass is 35.5. The van der Waals surface area contributed by atoms with Crippen molar-refractivity contribution < 1.29 is 19.1 Å². The third kappa shape index (κ3) is 3.39. The van der Waals surface area contributed by atoms with E-state index in [1.165, 1.54) is 23.5 Å². The van der Waals surface area contributed by atoms with E-state index in [9.17, 15) is 9.59 Å². The van der Waals surface area contributed by atoms with Crippen molar-refractivity contribution in [1.82, 2.24) is 4.90 Å². The van der Waals surface area contributed by atoms with Crippen LogP contribution in [0.15, 0.2) is 47.3 Å². The lowest BCUT2D eigenvalue weighted by Gasteiger charge is -2.20. The number of carbonyl (C=O) groups excluding carboxylic acids is 1. The topological polar surface area (TPSA) is 70.8 Å². The number of amides is 1. The SMILES string of the molecule is O=C(O)CN(Cc1ccccc1Cl)C(=O)c1ccoc1. The standard InChI is InChI=1S/C14H12ClNO4/c15-12-4-2-1-3-10(12)7-16(8-13(17)18)14(19)11-5-6-20-9-11/h1-6,9H,7-8H2,(H,17,18). The number of rotatable bonds is 5. The van der Waals surface area contributed by atoms with Crippen LogP contribution >= 0.6 is 11.6 Å². The number of benzene rings is 1. The minimum absolute atomic E-state index is 0.121. The van der Waals surface area contributed by atoms with Crippen LogP contribution in [0.4, 0.5) is 0 Å². The molecule has 0 aliphatic rings. The van der Waals surface area contributed by atoms with Crippen LogP contribution in [0.25, 0.3) is 0 Å². The maximum atomic E-state index is 12.2. The van der Waals surface area contributed by atoms with Gasteiger partial charge >= 0.3 is 5.97 Å². The molecule has 0 bridgehead atoms. The molecule has 1 N–H and O–H groups in total. The minimum atomic E-state index is -1.09. The van der Waals surface area contributed by atoms with Gasteiger partial charge in [0.15, 0.2) is 0 Å². The number of carbonyl (C=O) groups is 2. The van der Waals surface area contributed by atoms with E-state index in [0.29, 0.717) is 16.1 Å². The van der Waals surface area contributed by atoms with Gasteiger partial charge in [0.2, 0.25) is 0 Å². The molecule has 5 nitrogen and oxygen atoms in total. The van der Waals surface area contributed by atoms with Gasteiger partial charge in [-0.1, -0.05) is 29.8 Å². The second-order valence-corrected chi connectivity index (χ2v) is 4.57. The van der Waals surface area contributed by atoms with E-state index < -0.39 is 18.4 Å². The highest BCUT2D eigenvalue weighted by Crippen LogP contribution is 2.18. The predicted octanol–water partition coefficient (Wildman–Crippen LogP) is 2.66. The first kappa shape index (κ1) is 14.1. The second kappa shape index (κ2) is 6.25. The Morgan fingerprint density at radius 3 is 2.60 bits per heavy atom. The lowest BCUT2D eigenvalue weighted by atomic mass is 10.2. The van der Waals surface area contributed by atoms with Gasteiger partial charge in [-0.25, -0.2) is 0 Å². The van der Waals surface area contributed by atoms with Crippen LogP contribution in [0.5, 0.6) is 0 Å². The molecule has 0 spiro atoms. The van der Waals surface area contributed by atoms with Crippen LogP contribution in [0.1, 0.15) is 15.9 Å². The zero-order chi connectivity index (χ0) is 14.5. The molecule has 0 saturated carbocycles. The van der Waals surface area contributed by atoms with Gasteiger partial charge in [0.25, 0.3) is 5.91 Å². The fourth-order valence-corrected chi connectivity index (χ4v) is 1.96. The van der Waals surface area contributed by atoms with Gasteiger partial charge in [-0.3, -0.25) is 9.59 Å². The highest BCUT2D eigenvalue weighted by molar-refractivity contribution is 6.31. The van der Waals surface area contributed by atoms with Crippen LogP contribution < -0.4 is 0 Å². The van der Waals surface area contributed by atoms with Crippen LogP contribution in [0.2, 0.25) is 5.02 Å². The maximum Gasteiger partial charge on any atom is 0.323 e. The van der Waals surface area contributed by atoms with Gasteiger partial charge in [-0.05, 0) is 17.7 Å². The van der Waals surface area contributed by atoms with Gasteiger partial charge in [0, 0.05) is 11.6 Å². The molecule has 2 aromatic rings. The third-order valence-electron chi connectivity index (χ3n) is 2.70. The molecule has 1 aromatic carbocycles. The molecule has 0 saturated heterocycles. The van der Waals surface area contributed by atoms with Crippen molar-refractivity contribution in [3.05, 3.63) is 59.0 Å². The number of carboxylic acids is 1. The number of halogens is 1. The van der Waals surface area contributed by atoms with E-state index in [1.807, 2.05) is 0 Å². The minimum Gasteiger partial charge on any atom is -0.480 e. The molecule has 1 heterocycles. The van der Waals surface area contributed by atoms with Crippen molar-refractivity contribution in [1.29, 1.82) is 0 Å². The molecule has 1 aromatic heterocycles. The van der Waals surface area contributed by atoms with Gasteiger partial charge < -0.3 is 14.4 Å². The van der Waals surface area contributed by atoms with Crippen molar-refractivity contribution in [2.45, 2.75) is 6.54 Å². The Hall–Kier alpha value is -2.27. The van der Waals surface area contributed by atoms with E-state index in [4.69, 9.17) is 21.1 Å². The Labute approximate surface area is 120 Å². The monoisotopic (exact) mass is 293 g/mol. The van der Waals surface area contributed by atoms with Crippen molar-refractivity contribution >= 4 is 23.5 Å². The van der Waals surface area contributed by atoms with E-state index >= 15 is 0 Å². The average molecular weight is 294 g/mol. The van der Waals surface area contributed by atoms with Gasteiger partial charge in [0.1, 0.15) is 12.8 Å². The van der Waals surface area contributed by atoms with Crippen LogP contribution in [0.3, 0.4) is 0 Å². The number of furan rings is 1. The first-order valence-corrected chi connectivity index (χ1v) is 6.22. The fourth-order valence-electron chi connectivity index (χ4n) is 1.76. The molecule has 2 rings (SSSR count). The molecule has 0 aliphatic carbocycles.